The summed E-state index contributed by atoms with van der Waals surface area (Å²) in [5, 5.41) is 30.6. The Bertz CT molecular complexity index is 361. The second-order valence-corrected chi connectivity index (χ2v) is 5.12. The van der Waals surface area contributed by atoms with Gasteiger partial charge in [0.1, 0.15) is 0 Å². The summed E-state index contributed by atoms with van der Waals surface area (Å²) in [7, 11) is 0. The number of hydrogen-bond donors (Lipinski definition) is 4. The summed E-state index contributed by atoms with van der Waals surface area (Å²) in [5.74, 6) is 0.749. The van der Waals surface area contributed by atoms with E-state index in [4.69, 9.17) is 0 Å². The van der Waals surface area contributed by atoms with E-state index in [0.717, 1.165) is 11.5 Å². The molecule has 0 bridgehead atoms. The monoisotopic (exact) mass is 251 g/mol. The first kappa shape index (κ1) is 13.5. The van der Waals surface area contributed by atoms with Gasteiger partial charge in [-0.15, -0.1) is 0 Å². The van der Waals surface area contributed by atoms with Crippen molar-refractivity contribution in [3.05, 3.63) is 35.4 Å². The molecule has 1 aliphatic carbocycles. The highest BCUT2D eigenvalue weighted by atomic mass is 16.3. The summed E-state index contributed by atoms with van der Waals surface area (Å²) in [6, 6.07) is 8.37. The van der Waals surface area contributed by atoms with Crippen LogP contribution in [-0.4, -0.2) is 40.7 Å². The minimum Gasteiger partial charge on any atom is -0.394 e. The van der Waals surface area contributed by atoms with Crippen LogP contribution in [0.3, 0.4) is 0 Å². The lowest BCUT2D eigenvalue weighted by atomic mass is 10.0. The normalized spacial score (nSPS) is 15.9. The predicted molar refractivity (Wildman–Crippen MR) is 69.2 cm³/mol. The van der Waals surface area contributed by atoms with Gasteiger partial charge in [0.2, 0.25) is 0 Å². The second kappa shape index (κ2) is 5.80. The van der Waals surface area contributed by atoms with Gasteiger partial charge in [0, 0.05) is 6.54 Å². The molecule has 1 aromatic rings. The van der Waals surface area contributed by atoms with E-state index < -0.39 is 5.54 Å². The van der Waals surface area contributed by atoms with E-state index in [1.165, 1.54) is 18.4 Å². The Labute approximate surface area is 107 Å². The average molecular weight is 251 g/mol. The quantitative estimate of drug-likeness (QED) is 0.565. The third-order valence-corrected chi connectivity index (χ3v) is 3.60. The van der Waals surface area contributed by atoms with Gasteiger partial charge in [-0.1, -0.05) is 24.3 Å². The van der Waals surface area contributed by atoms with Crippen molar-refractivity contribution in [3.8, 4) is 0 Å². The zero-order valence-corrected chi connectivity index (χ0v) is 10.5. The molecule has 0 aliphatic heterocycles. The van der Waals surface area contributed by atoms with Gasteiger partial charge < -0.3 is 20.6 Å². The van der Waals surface area contributed by atoms with E-state index in [0.29, 0.717) is 6.54 Å². The van der Waals surface area contributed by atoms with Gasteiger partial charge in [-0.05, 0) is 29.9 Å². The van der Waals surface area contributed by atoms with Crippen molar-refractivity contribution >= 4 is 0 Å². The van der Waals surface area contributed by atoms with Crippen molar-refractivity contribution in [2.75, 3.05) is 19.8 Å². The predicted octanol–water partition coefficient (Wildman–Crippen LogP) is 0.369. The molecular formula is C14H21NO3. The topological polar surface area (TPSA) is 72.7 Å². The van der Waals surface area contributed by atoms with Crippen LogP contribution in [0.1, 0.15) is 29.9 Å². The number of aliphatic hydroxyl groups excluding tert-OH is 3. The van der Waals surface area contributed by atoms with Crippen LogP contribution in [0.15, 0.2) is 24.3 Å². The van der Waals surface area contributed by atoms with E-state index in [-0.39, 0.29) is 19.8 Å². The van der Waals surface area contributed by atoms with Crippen LogP contribution in [0.2, 0.25) is 0 Å². The molecule has 0 spiro atoms. The van der Waals surface area contributed by atoms with Crippen molar-refractivity contribution in [1.82, 2.24) is 5.32 Å². The number of rotatable bonds is 7. The van der Waals surface area contributed by atoms with Crippen LogP contribution < -0.4 is 5.32 Å². The average Bonchev–Trinajstić information content (AvgIpc) is 3.26. The van der Waals surface area contributed by atoms with E-state index in [1.54, 1.807) is 0 Å². The molecule has 4 N–H and O–H groups in total. The molecule has 0 atom stereocenters. The zero-order valence-electron chi connectivity index (χ0n) is 10.5. The Kier molecular flexibility index (Phi) is 4.35. The maximum absolute atomic E-state index is 9.20. The van der Waals surface area contributed by atoms with Gasteiger partial charge in [-0.3, -0.25) is 0 Å². The number of aliphatic hydroxyl groups is 3. The Morgan fingerprint density at radius 2 is 1.56 bits per heavy atom. The van der Waals surface area contributed by atoms with E-state index >= 15 is 0 Å². The Morgan fingerprint density at radius 3 is 2.00 bits per heavy atom. The third-order valence-electron chi connectivity index (χ3n) is 3.60. The molecule has 0 heterocycles. The lowest BCUT2D eigenvalue weighted by molar-refractivity contribution is 0.0414. The molecule has 1 aliphatic rings. The van der Waals surface area contributed by atoms with Crippen molar-refractivity contribution < 1.29 is 15.3 Å². The van der Waals surface area contributed by atoms with Crippen LogP contribution in [0.5, 0.6) is 0 Å². The smallest absolute Gasteiger partial charge is 0.0884 e. The SMILES string of the molecule is OCC(CO)(CO)NCc1ccc(C2CC2)cc1. The number of hydrogen-bond acceptors (Lipinski definition) is 4. The fourth-order valence-corrected chi connectivity index (χ4v) is 1.93. The molecule has 0 unspecified atom stereocenters. The first-order valence-corrected chi connectivity index (χ1v) is 6.39. The van der Waals surface area contributed by atoms with Gasteiger partial charge in [0.05, 0.1) is 25.4 Å². The largest absolute Gasteiger partial charge is 0.394 e. The summed E-state index contributed by atoms with van der Waals surface area (Å²) in [6.45, 7) is -0.354. The molecule has 4 nitrogen and oxygen atoms in total. The first-order chi connectivity index (χ1) is 8.73. The molecule has 100 valence electrons. The Hall–Kier alpha value is -0.940. The van der Waals surface area contributed by atoms with E-state index in [1.807, 2.05) is 0 Å². The molecule has 4 heteroatoms. The zero-order chi connectivity index (χ0) is 13.0. The van der Waals surface area contributed by atoms with Crippen LogP contribution in [0.4, 0.5) is 0 Å². The minimum atomic E-state index is -1.00. The fourth-order valence-electron chi connectivity index (χ4n) is 1.93. The molecular weight excluding hydrogens is 230 g/mol. The molecule has 18 heavy (non-hydrogen) atoms. The number of benzene rings is 1. The lowest BCUT2D eigenvalue weighted by Crippen LogP contribution is -2.54. The molecule has 1 fully saturated rings. The molecule has 1 aromatic carbocycles. The molecule has 2 rings (SSSR count). The summed E-state index contributed by atoms with van der Waals surface area (Å²) >= 11 is 0. The van der Waals surface area contributed by atoms with Crippen molar-refractivity contribution in [2.45, 2.75) is 30.8 Å². The van der Waals surface area contributed by atoms with E-state index in [9.17, 15) is 15.3 Å². The summed E-state index contributed by atoms with van der Waals surface area (Å²) in [4.78, 5) is 0. The molecule has 0 saturated heterocycles. The maximum atomic E-state index is 9.20. The summed E-state index contributed by atoms with van der Waals surface area (Å²) < 4.78 is 0. The highest BCUT2D eigenvalue weighted by molar-refractivity contribution is 5.28. The van der Waals surface area contributed by atoms with E-state index in [2.05, 4.69) is 29.6 Å². The maximum Gasteiger partial charge on any atom is 0.0884 e. The van der Waals surface area contributed by atoms with Crippen LogP contribution in [0.25, 0.3) is 0 Å². The highest BCUT2D eigenvalue weighted by Crippen LogP contribution is 2.39. The van der Waals surface area contributed by atoms with Crippen molar-refractivity contribution in [3.63, 3.8) is 0 Å². The molecule has 0 aromatic heterocycles. The minimum absolute atomic E-state index is 0.292. The highest BCUT2D eigenvalue weighted by Gasteiger charge is 2.27. The van der Waals surface area contributed by atoms with Crippen LogP contribution in [0, 0.1) is 0 Å². The number of nitrogens with one attached hydrogen (secondary N) is 1. The van der Waals surface area contributed by atoms with Crippen molar-refractivity contribution in [1.29, 1.82) is 0 Å². The van der Waals surface area contributed by atoms with Crippen molar-refractivity contribution in [2.24, 2.45) is 0 Å². The first-order valence-electron chi connectivity index (χ1n) is 6.39. The van der Waals surface area contributed by atoms with Gasteiger partial charge in [0.25, 0.3) is 0 Å². The van der Waals surface area contributed by atoms with Gasteiger partial charge in [-0.2, -0.15) is 0 Å². The standard InChI is InChI=1S/C14H21NO3/c16-8-14(9-17,10-18)15-7-11-1-3-12(4-2-11)13-5-6-13/h1-4,13,15-18H,5-10H2. The molecule has 0 radical (unpaired) electrons. The van der Waals surface area contributed by atoms with Crippen LogP contribution in [-0.2, 0) is 6.54 Å². The second-order valence-electron chi connectivity index (χ2n) is 5.12. The third kappa shape index (κ3) is 3.09. The summed E-state index contributed by atoms with van der Waals surface area (Å²) in [6.07, 6.45) is 2.58. The lowest BCUT2D eigenvalue weighted by Gasteiger charge is -2.28. The molecule has 1 saturated carbocycles. The van der Waals surface area contributed by atoms with Crippen LogP contribution >= 0.6 is 0 Å². The summed E-state index contributed by atoms with van der Waals surface area (Å²) in [5.41, 5.74) is 1.46. The van der Waals surface area contributed by atoms with Gasteiger partial charge >= 0.3 is 0 Å². The molecule has 0 amide bonds. The van der Waals surface area contributed by atoms with Gasteiger partial charge in [-0.25, -0.2) is 0 Å². The van der Waals surface area contributed by atoms with Gasteiger partial charge in [0.15, 0.2) is 0 Å². The Morgan fingerprint density at radius 1 is 1.00 bits per heavy atom. The fraction of sp³-hybridized carbons (Fsp3) is 0.571. The Balaban J connectivity index is 1.92.